The molecule has 0 bridgehead atoms. The van der Waals surface area contributed by atoms with Crippen molar-refractivity contribution in [3.05, 3.63) is 67.3 Å². The molecule has 1 aliphatic rings. The number of carbonyl (C=O) groups is 1. The molecule has 1 aliphatic heterocycles. The fraction of sp³-hybridized carbons (Fsp3) is 0.273. The Morgan fingerprint density at radius 1 is 1.16 bits per heavy atom. The van der Waals surface area contributed by atoms with Crippen LogP contribution < -0.4 is 5.43 Å². The van der Waals surface area contributed by atoms with Gasteiger partial charge in [-0.05, 0) is 59.3 Å². The van der Waals surface area contributed by atoms with Gasteiger partial charge in [0.15, 0.2) is 5.69 Å². The van der Waals surface area contributed by atoms with Gasteiger partial charge >= 0.3 is 0 Å². The summed E-state index contributed by atoms with van der Waals surface area (Å²) in [6.45, 7) is 4.47. The number of benzene rings is 2. The van der Waals surface area contributed by atoms with Crippen molar-refractivity contribution in [1.29, 1.82) is 0 Å². The minimum atomic E-state index is -0.241. The number of hydrogen-bond acceptors (Lipinski definition) is 4. The predicted octanol–water partition coefficient (Wildman–Crippen LogP) is 4.99. The first-order valence-electron chi connectivity index (χ1n) is 9.95. The molecule has 0 aliphatic carbocycles. The van der Waals surface area contributed by atoms with Crippen LogP contribution in [-0.2, 0) is 11.2 Å². The second-order valence-electron chi connectivity index (χ2n) is 7.08. The van der Waals surface area contributed by atoms with Gasteiger partial charge < -0.3 is 4.74 Å². The van der Waals surface area contributed by atoms with E-state index in [0.29, 0.717) is 54.2 Å². The number of rotatable bonds is 5. The summed E-state index contributed by atoms with van der Waals surface area (Å²) in [6.07, 6.45) is 0.637. The van der Waals surface area contributed by atoms with Crippen LogP contribution in [-0.4, -0.2) is 47.0 Å². The number of amides is 1. The standard InChI is InChI=1S/C22H21Cl2IN4O2/c1-2-17-20(22(30)27-28-9-11-31-12-10-28)26-29(19-8-5-15(23)13-18(19)24)21(17)14-3-6-16(25)7-4-14/h3-8,13H,2,9-12H2,1H3,(H,27,30). The molecule has 162 valence electrons. The number of aromatic nitrogens is 2. The molecule has 1 N–H and O–H groups in total. The molecule has 31 heavy (non-hydrogen) atoms. The van der Waals surface area contributed by atoms with Gasteiger partial charge in [-0.1, -0.05) is 42.3 Å². The van der Waals surface area contributed by atoms with Crippen LogP contribution in [0.1, 0.15) is 23.0 Å². The average Bonchev–Trinajstić information content (AvgIpc) is 3.14. The maximum Gasteiger partial charge on any atom is 0.286 e. The van der Waals surface area contributed by atoms with E-state index in [2.05, 4.69) is 28.0 Å². The topological polar surface area (TPSA) is 59.4 Å². The van der Waals surface area contributed by atoms with Crippen LogP contribution >= 0.6 is 45.8 Å². The molecule has 2 aromatic carbocycles. The zero-order chi connectivity index (χ0) is 22.0. The molecule has 4 rings (SSSR count). The fourth-order valence-electron chi connectivity index (χ4n) is 3.57. The molecule has 6 nitrogen and oxygen atoms in total. The molecule has 0 unspecified atom stereocenters. The highest BCUT2D eigenvalue weighted by atomic mass is 127. The third-order valence-corrected chi connectivity index (χ3v) is 6.34. The number of nitrogens with zero attached hydrogens (tertiary/aromatic N) is 3. The summed E-state index contributed by atoms with van der Waals surface area (Å²) in [5.41, 5.74) is 6.68. The Morgan fingerprint density at radius 3 is 2.52 bits per heavy atom. The smallest absolute Gasteiger partial charge is 0.286 e. The number of hydrazine groups is 1. The van der Waals surface area contributed by atoms with Crippen LogP contribution in [0.15, 0.2) is 42.5 Å². The summed E-state index contributed by atoms with van der Waals surface area (Å²) in [5.74, 6) is -0.241. The van der Waals surface area contributed by atoms with E-state index in [1.807, 2.05) is 42.3 Å². The molecular formula is C22H21Cl2IN4O2. The molecule has 1 saturated heterocycles. The number of ether oxygens (including phenoxy) is 1. The first-order valence-corrected chi connectivity index (χ1v) is 11.8. The van der Waals surface area contributed by atoms with E-state index in [9.17, 15) is 4.79 Å². The summed E-state index contributed by atoms with van der Waals surface area (Å²) in [4.78, 5) is 13.2. The number of carbonyl (C=O) groups excluding carboxylic acids is 1. The number of hydrogen-bond donors (Lipinski definition) is 1. The van der Waals surface area contributed by atoms with E-state index in [0.717, 1.165) is 20.4 Å². The zero-order valence-electron chi connectivity index (χ0n) is 16.9. The summed E-state index contributed by atoms with van der Waals surface area (Å²) < 4.78 is 8.23. The van der Waals surface area contributed by atoms with Gasteiger partial charge in [0, 0.05) is 32.8 Å². The normalized spacial score (nSPS) is 14.6. The molecule has 2 heterocycles. The first kappa shape index (κ1) is 22.5. The molecular weight excluding hydrogens is 550 g/mol. The van der Waals surface area contributed by atoms with Crippen molar-refractivity contribution in [2.24, 2.45) is 0 Å². The van der Waals surface area contributed by atoms with Gasteiger partial charge in [0.05, 0.1) is 29.6 Å². The monoisotopic (exact) mass is 570 g/mol. The Bertz CT molecular complexity index is 1100. The van der Waals surface area contributed by atoms with Crippen LogP contribution in [0.5, 0.6) is 0 Å². The third-order valence-electron chi connectivity index (χ3n) is 5.08. The lowest BCUT2D eigenvalue weighted by Gasteiger charge is -2.26. The molecule has 1 fully saturated rings. The Morgan fingerprint density at radius 2 is 1.87 bits per heavy atom. The van der Waals surface area contributed by atoms with Crippen molar-refractivity contribution in [3.63, 3.8) is 0 Å². The second-order valence-corrected chi connectivity index (χ2v) is 9.17. The molecule has 1 aromatic heterocycles. The van der Waals surface area contributed by atoms with Gasteiger partial charge in [-0.2, -0.15) is 5.10 Å². The Kier molecular flexibility index (Phi) is 7.18. The lowest BCUT2D eigenvalue weighted by Crippen LogP contribution is -2.48. The summed E-state index contributed by atoms with van der Waals surface area (Å²) in [6, 6.07) is 13.4. The highest BCUT2D eigenvalue weighted by Crippen LogP contribution is 2.33. The van der Waals surface area contributed by atoms with Crippen molar-refractivity contribution in [2.75, 3.05) is 26.3 Å². The Labute approximate surface area is 204 Å². The average molecular weight is 571 g/mol. The lowest BCUT2D eigenvalue weighted by atomic mass is 10.0. The van der Waals surface area contributed by atoms with Gasteiger partial charge in [-0.15, -0.1) is 0 Å². The van der Waals surface area contributed by atoms with E-state index in [1.165, 1.54) is 0 Å². The number of morpholine rings is 1. The quantitative estimate of drug-likeness (QED) is 0.439. The largest absolute Gasteiger partial charge is 0.379 e. The summed E-state index contributed by atoms with van der Waals surface area (Å²) in [7, 11) is 0. The lowest BCUT2D eigenvalue weighted by molar-refractivity contribution is 0.0124. The van der Waals surface area contributed by atoms with Gasteiger partial charge in [-0.25, -0.2) is 9.69 Å². The van der Waals surface area contributed by atoms with E-state index >= 15 is 0 Å². The summed E-state index contributed by atoms with van der Waals surface area (Å²) in [5, 5.41) is 7.59. The van der Waals surface area contributed by atoms with Gasteiger partial charge in [0.25, 0.3) is 5.91 Å². The number of halogens is 3. The van der Waals surface area contributed by atoms with Crippen molar-refractivity contribution in [3.8, 4) is 16.9 Å². The van der Waals surface area contributed by atoms with Gasteiger partial charge in [0.1, 0.15) is 0 Å². The molecule has 1 amide bonds. The van der Waals surface area contributed by atoms with Crippen molar-refractivity contribution >= 4 is 51.7 Å². The van der Waals surface area contributed by atoms with Gasteiger partial charge in [-0.3, -0.25) is 10.2 Å². The van der Waals surface area contributed by atoms with E-state index in [4.69, 9.17) is 33.0 Å². The molecule has 3 aromatic rings. The molecule has 0 radical (unpaired) electrons. The van der Waals surface area contributed by atoms with Crippen LogP contribution in [0.4, 0.5) is 0 Å². The maximum atomic E-state index is 13.2. The maximum absolute atomic E-state index is 13.2. The van der Waals surface area contributed by atoms with Crippen LogP contribution in [0.25, 0.3) is 16.9 Å². The molecule has 0 spiro atoms. The minimum Gasteiger partial charge on any atom is -0.379 e. The first-order chi connectivity index (χ1) is 15.0. The Balaban J connectivity index is 1.84. The van der Waals surface area contributed by atoms with Crippen molar-refractivity contribution in [2.45, 2.75) is 13.3 Å². The van der Waals surface area contributed by atoms with Gasteiger partial charge in [0.2, 0.25) is 0 Å². The third kappa shape index (κ3) is 4.90. The SMILES string of the molecule is CCc1c(C(=O)NN2CCOCC2)nn(-c2ccc(Cl)cc2Cl)c1-c1ccc(I)cc1. The highest BCUT2D eigenvalue weighted by Gasteiger charge is 2.26. The van der Waals surface area contributed by atoms with E-state index in [1.54, 1.807) is 16.8 Å². The van der Waals surface area contributed by atoms with E-state index in [-0.39, 0.29) is 5.91 Å². The fourth-order valence-corrected chi connectivity index (χ4v) is 4.42. The van der Waals surface area contributed by atoms with Crippen LogP contribution in [0, 0.1) is 3.57 Å². The van der Waals surface area contributed by atoms with Crippen LogP contribution in [0.2, 0.25) is 10.0 Å². The van der Waals surface area contributed by atoms with E-state index < -0.39 is 0 Å². The van der Waals surface area contributed by atoms with Crippen LogP contribution in [0.3, 0.4) is 0 Å². The molecule has 0 atom stereocenters. The zero-order valence-corrected chi connectivity index (χ0v) is 20.5. The highest BCUT2D eigenvalue weighted by molar-refractivity contribution is 14.1. The second kappa shape index (κ2) is 9.87. The van der Waals surface area contributed by atoms with Crippen molar-refractivity contribution < 1.29 is 9.53 Å². The predicted molar refractivity (Wildman–Crippen MR) is 131 cm³/mol. The summed E-state index contributed by atoms with van der Waals surface area (Å²) >= 11 is 14.9. The molecule has 0 saturated carbocycles. The van der Waals surface area contributed by atoms with Crippen molar-refractivity contribution in [1.82, 2.24) is 20.2 Å². The molecule has 9 heteroatoms. The number of nitrogens with one attached hydrogen (secondary N) is 1. The Hall–Kier alpha value is -1.65. The minimum absolute atomic E-state index is 0.241.